The fourth-order valence-electron chi connectivity index (χ4n) is 3.61. The number of sulfonamides is 1. The quantitative estimate of drug-likeness (QED) is 0.843. The molecule has 114 valence electrons. The van der Waals surface area contributed by atoms with Gasteiger partial charge in [-0.3, -0.25) is 4.99 Å². The van der Waals surface area contributed by atoms with Crippen LogP contribution in [0.1, 0.15) is 45.1 Å². The Balaban J connectivity index is 2.03. The molecular formula is C16H22N2O2S. The first-order valence-electron chi connectivity index (χ1n) is 7.52. The van der Waals surface area contributed by atoms with Crippen molar-refractivity contribution in [3.05, 3.63) is 29.8 Å². The molecule has 1 aliphatic heterocycles. The Labute approximate surface area is 126 Å². The fourth-order valence-corrected chi connectivity index (χ4v) is 5.37. The molecule has 3 rings (SSSR count). The highest BCUT2D eigenvalue weighted by atomic mass is 32.2. The van der Waals surface area contributed by atoms with Gasteiger partial charge in [0.1, 0.15) is 5.84 Å². The van der Waals surface area contributed by atoms with Gasteiger partial charge in [-0.05, 0) is 45.7 Å². The molecule has 0 unspecified atom stereocenters. The molecule has 4 nitrogen and oxygen atoms in total. The molecule has 0 bridgehead atoms. The molecule has 1 aromatic carbocycles. The highest BCUT2D eigenvalue weighted by Gasteiger charge is 2.49. The summed E-state index contributed by atoms with van der Waals surface area (Å²) in [6.45, 7) is 5.86. The van der Waals surface area contributed by atoms with E-state index in [9.17, 15) is 8.42 Å². The molecule has 1 fully saturated rings. The van der Waals surface area contributed by atoms with Crippen LogP contribution >= 0.6 is 0 Å². The van der Waals surface area contributed by atoms with Gasteiger partial charge in [0.15, 0.2) is 0 Å². The summed E-state index contributed by atoms with van der Waals surface area (Å²) in [5.41, 5.74) is 0.809. The normalized spacial score (nSPS) is 29.2. The van der Waals surface area contributed by atoms with Crippen molar-refractivity contribution >= 4 is 15.9 Å². The third kappa shape index (κ3) is 2.27. The highest BCUT2D eigenvalue weighted by molar-refractivity contribution is 7.89. The third-order valence-electron chi connectivity index (χ3n) is 4.73. The summed E-state index contributed by atoms with van der Waals surface area (Å²) in [4.78, 5) is 5.06. The van der Waals surface area contributed by atoms with Crippen molar-refractivity contribution in [3.63, 3.8) is 0 Å². The monoisotopic (exact) mass is 306 g/mol. The molecule has 1 aromatic rings. The molecule has 2 atom stereocenters. The summed E-state index contributed by atoms with van der Waals surface area (Å²) >= 11 is 0. The van der Waals surface area contributed by atoms with E-state index in [0.29, 0.717) is 10.7 Å². The van der Waals surface area contributed by atoms with E-state index in [0.717, 1.165) is 31.2 Å². The Morgan fingerprint density at radius 3 is 2.52 bits per heavy atom. The topological polar surface area (TPSA) is 49.7 Å². The van der Waals surface area contributed by atoms with E-state index < -0.39 is 10.0 Å². The Hall–Kier alpha value is -1.36. The van der Waals surface area contributed by atoms with Crippen molar-refractivity contribution < 1.29 is 8.42 Å². The molecule has 0 amide bonds. The van der Waals surface area contributed by atoms with E-state index in [-0.39, 0.29) is 11.6 Å². The minimum Gasteiger partial charge on any atom is -0.263 e. The number of aliphatic imine (C=N–C) groups is 1. The lowest BCUT2D eigenvalue weighted by Crippen LogP contribution is -2.49. The van der Waals surface area contributed by atoms with Gasteiger partial charge in [0, 0.05) is 0 Å². The summed E-state index contributed by atoms with van der Waals surface area (Å²) < 4.78 is 27.6. The van der Waals surface area contributed by atoms with Crippen molar-refractivity contribution in [1.29, 1.82) is 0 Å². The van der Waals surface area contributed by atoms with E-state index in [1.165, 1.54) is 0 Å². The second-order valence-electron chi connectivity index (χ2n) is 6.39. The van der Waals surface area contributed by atoms with Gasteiger partial charge in [-0.15, -0.1) is 0 Å². The van der Waals surface area contributed by atoms with Crippen LogP contribution in [0, 0.1) is 6.92 Å². The molecule has 1 aliphatic carbocycles. The Bertz CT molecular complexity index is 679. The molecule has 0 spiro atoms. The lowest BCUT2D eigenvalue weighted by Gasteiger charge is -2.38. The molecule has 0 radical (unpaired) electrons. The molecule has 0 N–H and O–H groups in total. The lowest BCUT2D eigenvalue weighted by atomic mass is 9.80. The zero-order valence-corrected chi connectivity index (χ0v) is 13.7. The number of rotatable bonds is 2. The van der Waals surface area contributed by atoms with Gasteiger partial charge >= 0.3 is 0 Å². The van der Waals surface area contributed by atoms with E-state index in [4.69, 9.17) is 4.99 Å². The van der Waals surface area contributed by atoms with Gasteiger partial charge in [-0.1, -0.05) is 30.5 Å². The van der Waals surface area contributed by atoms with Crippen LogP contribution in [0.4, 0.5) is 0 Å². The minimum absolute atomic E-state index is 0.0300. The van der Waals surface area contributed by atoms with Crippen LogP contribution in [0.3, 0.4) is 0 Å². The maximum atomic E-state index is 13.0. The van der Waals surface area contributed by atoms with Gasteiger partial charge in [0.25, 0.3) is 10.0 Å². The van der Waals surface area contributed by atoms with Crippen LogP contribution < -0.4 is 0 Å². The first kappa shape index (κ1) is 14.6. The highest BCUT2D eigenvalue weighted by Crippen LogP contribution is 2.42. The van der Waals surface area contributed by atoms with Crippen LogP contribution in [0.25, 0.3) is 0 Å². The number of amidine groups is 1. The van der Waals surface area contributed by atoms with Crippen LogP contribution in [0.2, 0.25) is 0 Å². The first-order chi connectivity index (χ1) is 9.84. The van der Waals surface area contributed by atoms with Gasteiger partial charge in [0.2, 0.25) is 0 Å². The molecular weight excluding hydrogens is 284 g/mol. The second-order valence-corrected chi connectivity index (χ2v) is 8.21. The third-order valence-corrected chi connectivity index (χ3v) is 6.63. The average molecular weight is 306 g/mol. The van der Waals surface area contributed by atoms with Gasteiger partial charge in [0.05, 0.1) is 16.5 Å². The smallest absolute Gasteiger partial charge is 0.263 e. The van der Waals surface area contributed by atoms with Crippen molar-refractivity contribution in [2.45, 2.75) is 62.9 Å². The molecule has 0 saturated heterocycles. The zero-order valence-electron chi connectivity index (χ0n) is 12.8. The van der Waals surface area contributed by atoms with Gasteiger partial charge in [-0.25, -0.2) is 12.7 Å². The second kappa shape index (κ2) is 4.83. The average Bonchev–Trinajstić information content (AvgIpc) is 2.69. The SMILES string of the molecule is CC1=N[C@@]2(C)CCCC[C@H]2N1S(=O)(=O)c1ccc(C)cc1. The summed E-state index contributed by atoms with van der Waals surface area (Å²) in [7, 11) is -3.51. The maximum absolute atomic E-state index is 13.0. The van der Waals surface area contributed by atoms with Crippen molar-refractivity contribution in [1.82, 2.24) is 4.31 Å². The number of hydrogen-bond acceptors (Lipinski definition) is 3. The van der Waals surface area contributed by atoms with Crippen LogP contribution in [-0.2, 0) is 10.0 Å². The molecule has 5 heteroatoms. The lowest BCUT2D eigenvalue weighted by molar-refractivity contribution is 0.232. The standard InChI is InChI=1S/C16H22N2O2S/c1-12-7-9-14(10-8-12)21(19,20)18-13(2)17-16(3)11-5-4-6-15(16)18/h7-10,15H,4-6,11H2,1-3H3/t15-,16+/m1/s1. The Kier molecular flexibility index (Phi) is 3.35. The number of hydrogen-bond donors (Lipinski definition) is 0. The zero-order chi connectivity index (χ0) is 15.3. The molecule has 2 aliphatic rings. The van der Waals surface area contributed by atoms with Gasteiger partial charge < -0.3 is 0 Å². The van der Waals surface area contributed by atoms with Crippen molar-refractivity contribution in [2.75, 3.05) is 0 Å². The Morgan fingerprint density at radius 2 is 1.86 bits per heavy atom. The van der Waals surface area contributed by atoms with Crippen LogP contribution in [0.5, 0.6) is 0 Å². The van der Waals surface area contributed by atoms with E-state index >= 15 is 0 Å². The Morgan fingerprint density at radius 1 is 1.19 bits per heavy atom. The number of nitrogens with zero attached hydrogens (tertiary/aromatic N) is 2. The summed E-state index contributed by atoms with van der Waals surface area (Å²) in [5, 5.41) is 0. The minimum atomic E-state index is -3.51. The molecule has 1 saturated carbocycles. The summed E-state index contributed by atoms with van der Waals surface area (Å²) in [6, 6.07) is 7.04. The van der Waals surface area contributed by atoms with E-state index in [1.807, 2.05) is 26.0 Å². The van der Waals surface area contributed by atoms with Crippen molar-refractivity contribution in [3.8, 4) is 0 Å². The largest absolute Gasteiger partial charge is 0.265 e. The fraction of sp³-hybridized carbons (Fsp3) is 0.562. The summed E-state index contributed by atoms with van der Waals surface area (Å²) in [6.07, 6.45) is 4.06. The summed E-state index contributed by atoms with van der Waals surface area (Å²) in [5.74, 6) is 0.630. The van der Waals surface area contributed by atoms with Crippen LogP contribution in [-0.4, -0.2) is 30.1 Å². The molecule has 21 heavy (non-hydrogen) atoms. The predicted octanol–water partition coefficient (Wildman–Crippen LogP) is 3.12. The maximum Gasteiger partial charge on any atom is 0.265 e. The van der Waals surface area contributed by atoms with E-state index in [1.54, 1.807) is 16.4 Å². The number of fused-ring (bicyclic) bond motifs is 1. The molecule has 0 aromatic heterocycles. The first-order valence-corrected chi connectivity index (χ1v) is 8.96. The number of benzene rings is 1. The van der Waals surface area contributed by atoms with Crippen molar-refractivity contribution in [2.24, 2.45) is 4.99 Å². The van der Waals surface area contributed by atoms with Crippen LogP contribution in [0.15, 0.2) is 34.2 Å². The molecule has 1 heterocycles. The van der Waals surface area contributed by atoms with Gasteiger partial charge in [-0.2, -0.15) is 0 Å². The number of aryl methyl sites for hydroxylation is 1. The van der Waals surface area contributed by atoms with E-state index in [2.05, 4.69) is 6.92 Å². The predicted molar refractivity (Wildman–Crippen MR) is 84.0 cm³/mol.